The van der Waals surface area contributed by atoms with Crippen molar-refractivity contribution in [3.63, 3.8) is 0 Å². The van der Waals surface area contributed by atoms with Crippen molar-refractivity contribution in [2.45, 2.75) is 38.5 Å². The summed E-state index contributed by atoms with van der Waals surface area (Å²) in [6, 6.07) is 13.3. The quantitative estimate of drug-likeness (QED) is 0.709. The van der Waals surface area contributed by atoms with Crippen molar-refractivity contribution in [1.82, 2.24) is 15.1 Å². The largest absolute Gasteiger partial charge is 0.416 e. The summed E-state index contributed by atoms with van der Waals surface area (Å²) in [6.45, 7) is 7.45. The van der Waals surface area contributed by atoms with Crippen molar-refractivity contribution in [1.29, 1.82) is 0 Å². The summed E-state index contributed by atoms with van der Waals surface area (Å²) in [6.07, 6.45) is -4.12. The Kier molecular flexibility index (Phi) is 7.73. The molecule has 1 fully saturated rings. The smallest absolute Gasteiger partial charge is 0.352 e. The Balaban J connectivity index is 1.48. The van der Waals surface area contributed by atoms with Crippen LogP contribution in [0.15, 0.2) is 48.5 Å². The van der Waals surface area contributed by atoms with E-state index in [1.165, 1.54) is 17.7 Å². The Hall–Kier alpha value is -2.38. The molecule has 1 N–H and O–H groups in total. The van der Waals surface area contributed by atoms with Crippen molar-refractivity contribution in [2.75, 3.05) is 33.2 Å². The molecule has 3 rings (SSSR count). The average Bonchev–Trinajstić information content (AvgIpc) is 2.74. The van der Waals surface area contributed by atoms with Gasteiger partial charge in [0.15, 0.2) is 0 Å². The second-order valence-corrected chi connectivity index (χ2v) is 8.40. The normalized spacial score (nSPS) is 16.8. The van der Waals surface area contributed by atoms with Crippen LogP contribution in [0.3, 0.4) is 0 Å². The summed E-state index contributed by atoms with van der Waals surface area (Å²) in [7, 11) is 2.14. The van der Waals surface area contributed by atoms with Crippen molar-refractivity contribution in [2.24, 2.45) is 0 Å². The fourth-order valence-corrected chi connectivity index (χ4v) is 3.77. The van der Waals surface area contributed by atoms with Gasteiger partial charge in [-0.05, 0) is 41.8 Å². The SMILES string of the molecule is CC(CC(=O)NCc1cccc(CN2CCN(C)CC2)c1)c1ccc(C(F)(F)F)cc1. The topological polar surface area (TPSA) is 35.6 Å². The lowest BCUT2D eigenvalue weighted by molar-refractivity contribution is -0.137. The molecule has 2 aromatic carbocycles. The molecule has 0 bridgehead atoms. The molecule has 7 heteroatoms. The Morgan fingerprint density at radius 1 is 1.03 bits per heavy atom. The number of halogens is 3. The zero-order valence-corrected chi connectivity index (χ0v) is 18.1. The first-order chi connectivity index (χ1) is 14.7. The van der Waals surface area contributed by atoms with Crippen LogP contribution in [0.4, 0.5) is 13.2 Å². The highest BCUT2D eigenvalue weighted by Crippen LogP contribution is 2.30. The number of rotatable bonds is 7. The number of amides is 1. The molecule has 0 saturated carbocycles. The Morgan fingerprint density at radius 2 is 1.68 bits per heavy atom. The molecule has 1 saturated heterocycles. The zero-order chi connectivity index (χ0) is 22.4. The molecule has 2 aromatic rings. The van der Waals surface area contributed by atoms with E-state index >= 15 is 0 Å². The van der Waals surface area contributed by atoms with Crippen LogP contribution in [0.5, 0.6) is 0 Å². The van der Waals surface area contributed by atoms with E-state index in [2.05, 4.69) is 34.3 Å². The van der Waals surface area contributed by atoms with Crippen LogP contribution < -0.4 is 5.32 Å². The summed E-state index contributed by atoms with van der Waals surface area (Å²) in [5.74, 6) is -0.275. The molecule has 0 radical (unpaired) electrons. The summed E-state index contributed by atoms with van der Waals surface area (Å²) < 4.78 is 38.1. The number of hydrogen-bond donors (Lipinski definition) is 1. The molecule has 1 heterocycles. The summed E-state index contributed by atoms with van der Waals surface area (Å²) in [5, 5.41) is 2.93. The zero-order valence-electron chi connectivity index (χ0n) is 18.1. The molecule has 0 aromatic heterocycles. The molecule has 31 heavy (non-hydrogen) atoms. The maximum atomic E-state index is 12.7. The van der Waals surface area contributed by atoms with E-state index < -0.39 is 11.7 Å². The Bertz CT molecular complexity index is 859. The number of nitrogens with one attached hydrogen (secondary N) is 1. The molecule has 168 valence electrons. The Labute approximate surface area is 182 Å². The minimum Gasteiger partial charge on any atom is -0.352 e. The fraction of sp³-hybridized carbons (Fsp3) is 0.458. The lowest BCUT2D eigenvalue weighted by Crippen LogP contribution is -2.43. The molecule has 1 unspecified atom stereocenters. The molecular weight excluding hydrogens is 403 g/mol. The van der Waals surface area contributed by atoms with Crippen LogP contribution in [0.1, 0.15) is 41.5 Å². The van der Waals surface area contributed by atoms with Crippen LogP contribution in [0.25, 0.3) is 0 Å². The first-order valence-electron chi connectivity index (χ1n) is 10.6. The molecule has 4 nitrogen and oxygen atoms in total. The number of likely N-dealkylation sites (N-methyl/N-ethyl adjacent to an activating group) is 1. The van der Waals surface area contributed by atoms with Gasteiger partial charge in [-0.1, -0.05) is 43.3 Å². The number of piperazine rings is 1. The molecule has 1 amide bonds. The molecule has 0 spiro atoms. The van der Waals surface area contributed by atoms with Gasteiger partial charge >= 0.3 is 6.18 Å². The van der Waals surface area contributed by atoms with Gasteiger partial charge in [-0.15, -0.1) is 0 Å². The number of hydrogen-bond acceptors (Lipinski definition) is 3. The molecule has 1 atom stereocenters. The van der Waals surface area contributed by atoms with Crippen molar-refractivity contribution < 1.29 is 18.0 Å². The van der Waals surface area contributed by atoms with E-state index in [4.69, 9.17) is 0 Å². The summed E-state index contributed by atoms with van der Waals surface area (Å²) in [5.41, 5.74) is 2.32. The highest BCUT2D eigenvalue weighted by atomic mass is 19.4. The minimum absolute atomic E-state index is 0.114. The number of alkyl halides is 3. The van der Waals surface area contributed by atoms with Crippen LogP contribution in [-0.2, 0) is 24.1 Å². The number of benzene rings is 2. The lowest BCUT2D eigenvalue weighted by Gasteiger charge is -2.32. The second-order valence-electron chi connectivity index (χ2n) is 8.40. The molecule has 1 aliphatic rings. The van der Waals surface area contributed by atoms with Gasteiger partial charge in [0.25, 0.3) is 0 Å². The van der Waals surface area contributed by atoms with Gasteiger partial charge in [0, 0.05) is 45.7 Å². The third-order valence-electron chi connectivity index (χ3n) is 5.78. The standard InChI is InChI=1S/C24H30F3N3O/c1-18(21-6-8-22(9-7-21)24(25,26)27)14-23(31)28-16-19-4-3-5-20(15-19)17-30-12-10-29(2)11-13-30/h3-9,15,18H,10-14,16-17H2,1-2H3,(H,28,31). The van der Waals surface area contributed by atoms with Gasteiger partial charge < -0.3 is 10.2 Å². The summed E-state index contributed by atoms with van der Waals surface area (Å²) >= 11 is 0. The van der Waals surface area contributed by atoms with Crippen molar-refractivity contribution in [3.8, 4) is 0 Å². The third kappa shape index (κ3) is 7.08. The van der Waals surface area contributed by atoms with E-state index in [0.29, 0.717) is 6.54 Å². The van der Waals surface area contributed by atoms with Crippen LogP contribution in [0.2, 0.25) is 0 Å². The van der Waals surface area contributed by atoms with E-state index in [-0.39, 0.29) is 18.2 Å². The van der Waals surface area contributed by atoms with Crippen LogP contribution in [-0.4, -0.2) is 48.9 Å². The highest BCUT2D eigenvalue weighted by Gasteiger charge is 2.30. The van der Waals surface area contributed by atoms with Gasteiger partial charge in [-0.25, -0.2) is 0 Å². The lowest BCUT2D eigenvalue weighted by atomic mass is 9.96. The predicted molar refractivity (Wildman–Crippen MR) is 116 cm³/mol. The van der Waals surface area contributed by atoms with Crippen LogP contribution >= 0.6 is 0 Å². The second kappa shape index (κ2) is 10.3. The number of carbonyl (C=O) groups excluding carboxylic acids is 1. The number of nitrogens with zero attached hydrogens (tertiary/aromatic N) is 2. The van der Waals surface area contributed by atoms with E-state index in [9.17, 15) is 18.0 Å². The minimum atomic E-state index is -4.35. The van der Waals surface area contributed by atoms with E-state index in [0.717, 1.165) is 56.0 Å². The predicted octanol–water partition coefficient (Wildman–Crippen LogP) is 4.26. The average molecular weight is 434 g/mol. The first-order valence-corrected chi connectivity index (χ1v) is 10.6. The molecule has 0 aliphatic carbocycles. The van der Waals surface area contributed by atoms with E-state index in [1.807, 2.05) is 19.1 Å². The van der Waals surface area contributed by atoms with Gasteiger partial charge in [-0.3, -0.25) is 9.69 Å². The molecular formula is C24H30F3N3O. The Morgan fingerprint density at radius 3 is 2.32 bits per heavy atom. The third-order valence-corrected chi connectivity index (χ3v) is 5.78. The van der Waals surface area contributed by atoms with Crippen molar-refractivity contribution >= 4 is 5.91 Å². The van der Waals surface area contributed by atoms with Gasteiger partial charge in [0.1, 0.15) is 0 Å². The maximum absolute atomic E-state index is 12.7. The molecule has 1 aliphatic heterocycles. The van der Waals surface area contributed by atoms with Gasteiger partial charge in [-0.2, -0.15) is 13.2 Å². The first kappa shape index (κ1) is 23.3. The van der Waals surface area contributed by atoms with Gasteiger partial charge in [0.2, 0.25) is 5.91 Å². The van der Waals surface area contributed by atoms with E-state index in [1.54, 1.807) is 0 Å². The monoisotopic (exact) mass is 433 g/mol. The highest BCUT2D eigenvalue weighted by molar-refractivity contribution is 5.76. The fourth-order valence-electron chi connectivity index (χ4n) is 3.77. The van der Waals surface area contributed by atoms with Gasteiger partial charge in [0.05, 0.1) is 5.56 Å². The van der Waals surface area contributed by atoms with Crippen molar-refractivity contribution in [3.05, 3.63) is 70.8 Å². The summed E-state index contributed by atoms with van der Waals surface area (Å²) in [4.78, 5) is 17.1. The number of carbonyl (C=O) groups is 1. The van der Waals surface area contributed by atoms with Crippen LogP contribution in [0, 0.1) is 0 Å². The maximum Gasteiger partial charge on any atom is 0.416 e.